The molecule has 0 saturated carbocycles. The molecule has 2 aliphatic rings. The first kappa shape index (κ1) is 32.6. The van der Waals surface area contributed by atoms with Crippen LogP contribution in [-0.4, -0.2) is 6.71 Å². The molecule has 9 aromatic rings. The van der Waals surface area contributed by atoms with Crippen LogP contribution in [0.25, 0.3) is 43.8 Å². The summed E-state index contributed by atoms with van der Waals surface area (Å²) in [6, 6.07) is 67.6. The fourth-order valence-corrected chi connectivity index (χ4v) is 9.74. The molecular weight excluding hydrogens is 675 g/mol. The molecule has 0 radical (unpaired) electrons. The van der Waals surface area contributed by atoms with Gasteiger partial charge in [0.15, 0.2) is 0 Å². The molecule has 0 aromatic heterocycles. The van der Waals surface area contributed by atoms with Gasteiger partial charge in [-0.3, -0.25) is 0 Å². The molecule has 0 fully saturated rings. The molecule has 2 nitrogen and oxygen atoms in total. The first-order chi connectivity index (χ1) is 27.5. The van der Waals surface area contributed by atoms with Gasteiger partial charge in [0.1, 0.15) is 0 Å². The molecule has 0 bridgehead atoms. The highest BCUT2D eigenvalue weighted by atomic mass is 15.3. The van der Waals surface area contributed by atoms with Gasteiger partial charge in [0, 0.05) is 11.4 Å². The molecule has 0 unspecified atom stereocenters. The zero-order valence-corrected chi connectivity index (χ0v) is 31.8. The monoisotopic (exact) mass is 714 g/mol. The summed E-state index contributed by atoms with van der Waals surface area (Å²) in [5.41, 5.74) is 20.1. The summed E-state index contributed by atoms with van der Waals surface area (Å²) in [4.78, 5) is 5.11. The van der Waals surface area contributed by atoms with Gasteiger partial charge in [-0.15, -0.1) is 0 Å². The van der Waals surface area contributed by atoms with E-state index in [-0.39, 0.29) is 6.71 Å². The highest BCUT2D eigenvalue weighted by Crippen LogP contribution is 2.56. The second-order valence-corrected chi connectivity index (χ2v) is 15.5. The van der Waals surface area contributed by atoms with Gasteiger partial charge in [0.05, 0.1) is 22.7 Å². The lowest BCUT2D eigenvalue weighted by Crippen LogP contribution is -2.59. The van der Waals surface area contributed by atoms with E-state index in [0.29, 0.717) is 0 Å². The average molecular weight is 715 g/mol. The van der Waals surface area contributed by atoms with Crippen molar-refractivity contribution < 1.29 is 0 Å². The molecule has 2 aliphatic heterocycles. The van der Waals surface area contributed by atoms with Crippen LogP contribution in [0.3, 0.4) is 0 Å². The normalized spacial score (nSPS) is 12.8. The van der Waals surface area contributed by atoms with Crippen molar-refractivity contribution in [3.63, 3.8) is 0 Å². The third kappa shape index (κ3) is 4.97. The first-order valence-corrected chi connectivity index (χ1v) is 19.6. The Kier molecular flexibility index (Phi) is 7.34. The van der Waals surface area contributed by atoms with Crippen molar-refractivity contribution in [2.45, 2.75) is 20.8 Å². The maximum absolute atomic E-state index is 2.59. The number of hydrogen-bond donors (Lipinski definition) is 0. The summed E-state index contributed by atoms with van der Waals surface area (Å²) < 4.78 is 0. The summed E-state index contributed by atoms with van der Waals surface area (Å²) in [6.07, 6.45) is 0. The van der Waals surface area contributed by atoms with Gasteiger partial charge in [-0.25, -0.2) is 0 Å². The largest absolute Gasteiger partial charge is 0.307 e. The highest BCUT2D eigenvalue weighted by Gasteiger charge is 2.44. The molecule has 0 atom stereocenters. The number of anilines is 6. The van der Waals surface area contributed by atoms with E-state index in [9.17, 15) is 0 Å². The van der Waals surface area contributed by atoms with Gasteiger partial charge < -0.3 is 9.80 Å². The van der Waals surface area contributed by atoms with Crippen molar-refractivity contribution in [1.82, 2.24) is 0 Å². The van der Waals surface area contributed by atoms with Crippen LogP contribution < -0.4 is 26.2 Å². The van der Waals surface area contributed by atoms with Gasteiger partial charge in [0.2, 0.25) is 6.71 Å². The first-order valence-electron chi connectivity index (χ1n) is 19.6. The fraction of sp³-hybridized carbons (Fsp3) is 0.0566. The third-order valence-electron chi connectivity index (χ3n) is 12.1. The van der Waals surface area contributed by atoms with E-state index in [1.54, 1.807) is 0 Å². The van der Waals surface area contributed by atoms with E-state index in [1.807, 2.05) is 0 Å². The maximum atomic E-state index is 2.59. The van der Waals surface area contributed by atoms with Crippen molar-refractivity contribution in [2.24, 2.45) is 0 Å². The van der Waals surface area contributed by atoms with Gasteiger partial charge in [-0.1, -0.05) is 168 Å². The molecular formula is C53H39BN2. The third-order valence-corrected chi connectivity index (χ3v) is 12.1. The second-order valence-electron chi connectivity index (χ2n) is 15.5. The Balaban J connectivity index is 1.27. The molecule has 56 heavy (non-hydrogen) atoms. The predicted octanol–water partition coefficient (Wildman–Crippen LogP) is 12.3. The zero-order valence-electron chi connectivity index (χ0n) is 31.8. The quantitative estimate of drug-likeness (QED) is 0.168. The highest BCUT2D eigenvalue weighted by molar-refractivity contribution is 7.00. The molecule has 9 aromatic carbocycles. The second kappa shape index (κ2) is 12.6. The lowest BCUT2D eigenvalue weighted by molar-refractivity contribution is 1.18. The van der Waals surface area contributed by atoms with Crippen molar-refractivity contribution >= 4 is 78.8 Å². The SMILES string of the molecule is Cc1cc(C)c(B2c3cc(-c4ccccc4)ccc3N3c4cc5ccccc5cc4N(c4ccc(-c5ccccc5)cc4)c4cc5ccccc5c2c43)c(C)c1. The molecule has 3 heteroatoms. The molecule has 2 heterocycles. The Bertz CT molecular complexity index is 2980. The van der Waals surface area contributed by atoms with E-state index in [2.05, 4.69) is 213 Å². The molecule has 0 spiro atoms. The molecule has 0 N–H and O–H groups in total. The summed E-state index contributed by atoms with van der Waals surface area (Å²) in [5, 5.41) is 4.99. The minimum Gasteiger partial charge on any atom is -0.307 e. The van der Waals surface area contributed by atoms with E-state index >= 15 is 0 Å². The molecule has 264 valence electrons. The van der Waals surface area contributed by atoms with Crippen molar-refractivity contribution in [1.29, 1.82) is 0 Å². The number of hydrogen-bond acceptors (Lipinski definition) is 2. The summed E-state index contributed by atoms with van der Waals surface area (Å²) in [7, 11) is 0. The van der Waals surface area contributed by atoms with Crippen LogP contribution in [0.4, 0.5) is 34.1 Å². The average Bonchev–Trinajstić information content (AvgIpc) is 3.23. The van der Waals surface area contributed by atoms with E-state index in [4.69, 9.17) is 0 Å². The molecule has 0 aliphatic carbocycles. The van der Waals surface area contributed by atoms with Crippen LogP contribution >= 0.6 is 0 Å². The van der Waals surface area contributed by atoms with Crippen LogP contribution in [0.5, 0.6) is 0 Å². The summed E-state index contributed by atoms with van der Waals surface area (Å²) >= 11 is 0. The van der Waals surface area contributed by atoms with E-state index in [0.717, 1.165) is 5.69 Å². The topological polar surface area (TPSA) is 6.48 Å². The zero-order chi connectivity index (χ0) is 37.5. The van der Waals surface area contributed by atoms with E-state index in [1.165, 1.54) is 105 Å². The Morgan fingerprint density at radius 3 is 1.55 bits per heavy atom. The van der Waals surface area contributed by atoms with Gasteiger partial charge >= 0.3 is 0 Å². The number of rotatable bonds is 4. The van der Waals surface area contributed by atoms with E-state index < -0.39 is 0 Å². The van der Waals surface area contributed by atoms with Crippen LogP contribution in [-0.2, 0) is 0 Å². The lowest BCUT2D eigenvalue weighted by Gasteiger charge is -2.46. The number of nitrogens with zero attached hydrogens (tertiary/aromatic N) is 2. The lowest BCUT2D eigenvalue weighted by atomic mass is 9.33. The van der Waals surface area contributed by atoms with Crippen LogP contribution in [0.2, 0.25) is 0 Å². The predicted molar refractivity (Wildman–Crippen MR) is 241 cm³/mol. The minimum absolute atomic E-state index is 0.00896. The van der Waals surface area contributed by atoms with Crippen molar-refractivity contribution in [3.8, 4) is 22.3 Å². The standard InChI is InChI=1S/C53H39BN2/c1-34-28-35(2)51(36(3)29-34)54-46-30-42(38-16-8-5-9-17-38)24-27-47(46)56-49-32-41-19-11-10-18-40(41)31-48(49)55(44-25-22-39(23-26-44)37-14-6-4-7-15-37)50-33-43-20-12-13-21-45(43)52(54)53(50)56/h4-33H,1-3H3. The van der Waals surface area contributed by atoms with Crippen LogP contribution in [0.1, 0.15) is 16.7 Å². The number of benzene rings is 9. The van der Waals surface area contributed by atoms with Crippen molar-refractivity contribution in [2.75, 3.05) is 9.80 Å². The minimum atomic E-state index is 0.00896. The van der Waals surface area contributed by atoms with Crippen molar-refractivity contribution in [3.05, 3.63) is 199 Å². The Morgan fingerprint density at radius 1 is 0.375 bits per heavy atom. The summed E-state index contributed by atoms with van der Waals surface area (Å²) in [5.74, 6) is 0. The maximum Gasteiger partial charge on any atom is 0.248 e. The smallest absolute Gasteiger partial charge is 0.248 e. The number of aryl methyl sites for hydroxylation is 3. The Labute approximate surface area is 329 Å². The molecule has 0 saturated heterocycles. The van der Waals surface area contributed by atoms with Gasteiger partial charge in [-0.05, 0) is 112 Å². The summed E-state index contributed by atoms with van der Waals surface area (Å²) in [6.45, 7) is 6.84. The molecule has 11 rings (SSSR count). The number of fused-ring (bicyclic) bond motifs is 7. The van der Waals surface area contributed by atoms with Crippen LogP contribution in [0.15, 0.2) is 182 Å². The van der Waals surface area contributed by atoms with Gasteiger partial charge in [0.25, 0.3) is 0 Å². The van der Waals surface area contributed by atoms with Crippen LogP contribution in [0, 0.1) is 20.8 Å². The Morgan fingerprint density at radius 2 is 0.893 bits per heavy atom. The Hall–Kier alpha value is -6.84. The molecule has 0 amide bonds. The fourth-order valence-electron chi connectivity index (χ4n) is 9.74. The van der Waals surface area contributed by atoms with Gasteiger partial charge in [-0.2, -0.15) is 0 Å².